The van der Waals surface area contributed by atoms with Gasteiger partial charge in [0.15, 0.2) is 0 Å². The van der Waals surface area contributed by atoms with Gasteiger partial charge in [0, 0.05) is 11.5 Å². The molecular formula is C19H23BrN2O4S. The van der Waals surface area contributed by atoms with Crippen molar-refractivity contribution in [1.82, 2.24) is 9.62 Å². The number of aryl methyl sites for hydroxylation is 1. The Balaban J connectivity index is 2.12. The molecule has 0 saturated heterocycles. The molecule has 0 fully saturated rings. The number of carbonyl (C=O) groups excluding carboxylic acids is 1. The number of hydrogen-bond donors (Lipinski definition) is 1. The molecule has 1 amide bonds. The molecule has 0 aliphatic carbocycles. The molecule has 2 aromatic carbocycles. The molecule has 0 bridgehead atoms. The molecule has 0 saturated carbocycles. The minimum atomic E-state index is -3.87. The number of benzene rings is 2. The Bertz CT molecular complexity index is 931. The molecule has 0 aliphatic rings. The normalized spacial score (nSPS) is 12.7. The zero-order valence-electron chi connectivity index (χ0n) is 15.7. The highest BCUT2D eigenvalue weighted by atomic mass is 79.9. The molecule has 0 heterocycles. The van der Waals surface area contributed by atoms with Gasteiger partial charge in [0.2, 0.25) is 15.9 Å². The van der Waals surface area contributed by atoms with E-state index in [9.17, 15) is 13.2 Å². The largest absolute Gasteiger partial charge is 0.495 e. The quantitative estimate of drug-likeness (QED) is 0.696. The van der Waals surface area contributed by atoms with Gasteiger partial charge in [-0.05, 0) is 49.2 Å². The predicted octanol–water partition coefficient (Wildman–Crippen LogP) is 3.26. The summed E-state index contributed by atoms with van der Waals surface area (Å²) in [5, 5.41) is 2.82. The Kier molecular flexibility index (Phi) is 7.02. The average Bonchev–Trinajstić information content (AvgIpc) is 2.61. The van der Waals surface area contributed by atoms with Gasteiger partial charge in [0.25, 0.3) is 0 Å². The van der Waals surface area contributed by atoms with Gasteiger partial charge >= 0.3 is 0 Å². The predicted molar refractivity (Wildman–Crippen MR) is 108 cm³/mol. The maximum atomic E-state index is 12.9. The van der Waals surface area contributed by atoms with Crippen molar-refractivity contribution in [1.29, 1.82) is 0 Å². The summed E-state index contributed by atoms with van der Waals surface area (Å²) < 4.78 is 32.8. The van der Waals surface area contributed by atoms with Crippen LogP contribution in [0.2, 0.25) is 0 Å². The average molecular weight is 455 g/mol. The zero-order chi connectivity index (χ0) is 20.2. The Morgan fingerprint density at radius 2 is 1.96 bits per heavy atom. The lowest BCUT2D eigenvalue weighted by Crippen LogP contribution is -2.39. The molecule has 1 unspecified atom stereocenters. The molecule has 0 aromatic heterocycles. The van der Waals surface area contributed by atoms with E-state index in [4.69, 9.17) is 4.74 Å². The van der Waals surface area contributed by atoms with Crippen LogP contribution in [0.25, 0.3) is 0 Å². The smallest absolute Gasteiger partial charge is 0.246 e. The molecule has 6 nitrogen and oxygen atoms in total. The van der Waals surface area contributed by atoms with Crippen LogP contribution < -0.4 is 10.1 Å². The first-order valence-corrected chi connectivity index (χ1v) is 10.5. The van der Waals surface area contributed by atoms with Crippen molar-refractivity contribution in [3.63, 3.8) is 0 Å². The lowest BCUT2D eigenvalue weighted by atomic mass is 10.1. The van der Waals surface area contributed by atoms with E-state index in [-0.39, 0.29) is 29.1 Å². The van der Waals surface area contributed by atoms with Crippen LogP contribution in [0.5, 0.6) is 5.75 Å². The van der Waals surface area contributed by atoms with Crippen molar-refractivity contribution in [3.8, 4) is 5.75 Å². The third-order valence-electron chi connectivity index (χ3n) is 4.10. The number of amides is 1. The summed E-state index contributed by atoms with van der Waals surface area (Å²) in [4.78, 5) is 12.4. The number of nitrogens with zero attached hydrogens (tertiary/aromatic N) is 1. The third kappa shape index (κ3) is 5.31. The van der Waals surface area contributed by atoms with Crippen molar-refractivity contribution in [2.24, 2.45) is 0 Å². The van der Waals surface area contributed by atoms with Gasteiger partial charge in [-0.3, -0.25) is 4.79 Å². The number of hydrogen-bond acceptors (Lipinski definition) is 4. The van der Waals surface area contributed by atoms with E-state index >= 15 is 0 Å². The number of ether oxygens (including phenoxy) is 1. The molecule has 8 heteroatoms. The highest BCUT2D eigenvalue weighted by molar-refractivity contribution is 9.10. The second-order valence-corrected chi connectivity index (χ2v) is 9.19. The molecule has 1 N–H and O–H groups in total. The monoisotopic (exact) mass is 454 g/mol. The van der Waals surface area contributed by atoms with E-state index in [1.54, 1.807) is 19.1 Å². The molecule has 0 aliphatic heterocycles. The number of methoxy groups -OCH3 is 1. The van der Waals surface area contributed by atoms with Gasteiger partial charge in [-0.15, -0.1) is 0 Å². The van der Waals surface area contributed by atoms with E-state index in [0.717, 1.165) is 19.9 Å². The number of rotatable bonds is 7. The number of nitrogens with one attached hydrogen (secondary N) is 1. The summed E-state index contributed by atoms with van der Waals surface area (Å²) in [7, 11) is -1.08. The Morgan fingerprint density at radius 3 is 2.59 bits per heavy atom. The third-order valence-corrected chi connectivity index (χ3v) is 6.42. The lowest BCUT2D eigenvalue weighted by Gasteiger charge is -2.20. The molecule has 146 valence electrons. The molecule has 1 atom stereocenters. The van der Waals surface area contributed by atoms with E-state index in [1.807, 2.05) is 31.2 Å². The summed E-state index contributed by atoms with van der Waals surface area (Å²) in [5.74, 6) is -0.143. The van der Waals surface area contributed by atoms with Crippen LogP contribution in [-0.4, -0.2) is 39.3 Å². The fourth-order valence-corrected chi connectivity index (χ4v) is 4.37. The second kappa shape index (κ2) is 8.86. The first-order valence-electron chi connectivity index (χ1n) is 8.31. The first-order chi connectivity index (χ1) is 12.6. The Labute approximate surface area is 168 Å². The highest BCUT2D eigenvalue weighted by Crippen LogP contribution is 2.27. The van der Waals surface area contributed by atoms with Crippen molar-refractivity contribution < 1.29 is 17.9 Å². The molecule has 0 spiro atoms. The van der Waals surface area contributed by atoms with Crippen LogP contribution in [0, 0.1) is 6.92 Å². The Hall–Kier alpha value is -1.90. The van der Waals surface area contributed by atoms with E-state index < -0.39 is 10.0 Å². The Morgan fingerprint density at radius 1 is 1.26 bits per heavy atom. The summed E-state index contributed by atoms with van der Waals surface area (Å²) >= 11 is 3.40. The van der Waals surface area contributed by atoms with Crippen LogP contribution in [-0.2, 0) is 14.8 Å². The van der Waals surface area contributed by atoms with Gasteiger partial charge in [-0.2, -0.15) is 4.31 Å². The summed E-state index contributed by atoms with van der Waals surface area (Å²) in [6.45, 7) is 3.35. The van der Waals surface area contributed by atoms with Crippen molar-refractivity contribution >= 4 is 31.9 Å². The van der Waals surface area contributed by atoms with Crippen LogP contribution in [0.3, 0.4) is 0 Å². The maximum Gasteiger partial charge on any atom is 0.246 e. The van der Waals surface area contributed by atoms with Crippen LogP contribution in [0.15, 0.2) is 51.8 Å². The topological polar surface area (TPSA) is 75.7 Å². The van der Waals surface area contributed by atoms with Crippen LogP contribution in [0.1, 0.15) is 24.1 Å². The molecule has 2 rings (SSSR count). The van der Waals surface area contributed by atoms with Crippen molar-refractivity contribution in [2.45, 2.75) is 24.8 Å². The highest BCUT2D eigenvalue weighted by Gasteiger charge is 2.27. The lowest BCUT2D eigenvalue weighted by molar-refractivity contribution is -0.121. The van der Waals surface area contributed by atoms with Gasteiger partial charge in [0.05, 0.1) is 19.7 Å². The number of sulfonamides is 1. The first kappa shape index (κ1) is 21.4. The van der Waals surface area contributed by atoms with E-state index in [2.05, 4.69) is 21.2 Å². The summed E-state index contributed by atoms with van der Waals surface area (Å²) in [5.41, 5.74) is 1.71. The molecule has 0 radical (unpaired) electrons. The van der Waals surface area contributed by atoms with Gasteiger partial charge < -0.3 is 10.1 Å². The van der Waals surface area contributed by atoms with Crippen molar-refractivity contribution in [2.75, 3.05) is 20.7 Å². The summed E-state index contributed by atoms with van der Waals surface area (Å²) in [6.07, 6.45) is 0. The maximum absolute atomic E-state index is 12.9. The van der Waals surface area contributed by atoms with Gasteiger partial charge in [-0.1, -0.05) is 34.1 Å². The fourth-order valence-electron chi connectivity index (χ4n) is 2.59. The van der Waals surface area contributed by atoms with Crippen LogP contribution >= 0.6 is 15.9 Å². The zero-order valence-corrected chi connectivity index (χ0v) is 18.1. The summed E-state index contributed by atoms with van der Waals surface area (Å²) in [6, 6.07) is 12.2. The van der Waals surface area contributed by atoms with Crippen molar-refractivity contribution in [3.05, 3.63) is 58.1 Å². The minimum absolute atomic E-state index is 0.0420. The van der Waals surface area contributed by atoms with Gasteiger partial charge in [-0.25, -0.2) is 8.42 Å². The number of carbonyl (C=O) groups is 1. The van der Waals surface area contributed by atoms with E-state index in [0.29, 0.717) is 0 Å². The second-order valence-electron chi connectivity index (χ2n) is 6.26. The fraction of sp³-hybridized carbons (Fsp3) is 0.316. The standard InChI is InChI=1S/C19H23BrN2O4S/c1-13-8-9-17(26-4)18(10-13)27(24,25)22(3)12-19(23)21-14(2)15-6-5-7-16(20)11-15/h5-11,14H,12H2,1-4H3,(H,21,23). The minimum Gasteiger partial charge on any atom is -0.495 e. The molecule has 27 heavy (non-hydrogen) atoms. The van der Waals surface area contributed by atoms with E-state index in [1.165, 1.54) is 20.2 Å². The number of likely N-dealkylation sites (N-methyl/N-ethyl adjacent to an activating group) is 1. The molecule has 2 aromatic rings. The number of halogens is 1. The van der Waals surface area contributed by atoms with Gasteiger partial charge in [0.1, 0.15) is 10.6 Å². The SMILES string of the molecule is COc1ccc(C)cc1S(=O)(=O)N(C)CC(=O)NC(C)c1cccc(Br)c1. The molecular weight excluding hydrogens is 432 g/mol. The van der Waals surface area contributed by atoms with Crippen LogP contribution in [0.4, 0.5) is 0 Å².